The maximum Gasteiger partial charge on any atom is 0.0418 e. The maximum atomic E-state index is 6.64. The summed E-state index contributed by atoms with van der Waals surface area (Å²) in [5.74, 6) is 1.77. The minimum Gasteiger partial charge on any atom is -0.120 e. The summed E-state index contributed by atoms with van der Waals surface area (Å²) in [5.41, 5.74) is 0. The topological polar surface area (TPSA) is 0 Å². The smallest absolute Gasteiger partial charge is 0.0418 e. The second-order valence-electron chi connectivity index (χ2n) is 6.97. The normalized spacial score (nSPS) is 33.5. The van der Waals surface area contributed by atoms with Crippen molar-refractivity contribution in [3.8, 4) is 0 Å². The van der Waals surface area contributed by atoms with Crippen molar-refractivity contribution in [2.45, 2.75) is 96.3 Å². The summed E-state index contributed by atoms with van der Waals surface area (Å²) in [7, 11) is 0. The molecular weight excluding hydrogens is 240 g/mol. The number of halogens is 1. The second kappa shape index (κ2) is 8.46. The average Bonchev–Trinajstić information content (AvgIpc) is 2.30. The average molecular weight is 273 g/mol. The highest BCUT2D eigenvalue weighted by Crippen LogP contribution is 2.32. The van der Waals surface area contributed by atoms with Crippen LogP contribution in [0, 0.1) is 11.8 Å². The van der Waals surface area contributed by atoms with Gasteiger partial charge in [-0.25, -0.2) is 0 Å². The van der Waals surface area contributed by atoms with Crippen molar-refractivity contribution in [1.82, 2.24) is 0 Å². The largest absolute Gasteiger partial charge is 0.120 e. The van der Waals surface area contributed by atoms with Crippen LogP contribution in [0.25, 0.3) is 0 Å². The van der Waals surface area contributed by atoms with Crippen LogP contribution in [0.3, 0.4) is 0 Å². The van der Waals surface area contributed by atoms with E-state index in [2.05, 4.69) is 20.8 Å². The Kier molecular flexibility index (Phi) is 7.68. The Morgan fingerprint density at radius 1 is 0.833 bits per heavy atom. The van der Waals surface area contributed by atoms with Gasteiger partial charge in [-0.1, -0.05) is 71.6 Å². The lowest BCUT2D eigenvalue weighted by atomic mass is 9.85. The lowest BCUT2D eigenvalue weighted by molar-refractivity contribution is 0.309. The van der Waals surface area contributed by atoms with Crippen molar-refractivity contribution in [2.75, 3.05) is 0 Å². The molecule has 0 bridgehead atoms. The van der Waals surface area contributed by atoms with Gasteiger partial charge in [-0.3, -0.25) is 0 Å². The molecule has 0 N–H and O–H groups in total. The minimum atomic E-state index is 0.0651. The first-order valence-electron chi connectivity index (χ1n) is 8.20. The molecule has 0 heterocycles. The summed E-state index contributed by atoms with van der Waals surface area (Å²) in [6.45, 7) is 7.03. The van der Waals surface area contributed by atoms with Gasteiger partial charge < -0.3 is 0 Å². The van der Waals surface area contributed by atoms with Gasteiger partial charge in [0.2, 0.25) is 0 Å². The highest BCUT2D eigenvalue weighted by molar-refractivity contribution is 6.23. The molecule has 108 valence electrons. The highest BCUT2D eigenvalue weighted by Gasteiger charge is 2.21. The molecule has 0 radical (unpaired) electrons. The fraction of sp³-hybridized carbons (Fsp3) is 1.00. The van der Waals surface area contributed by atoms with Crippen molar-refractivity contribution in [3.05, 3.63) is 0 Å². The van der Waals surface area contributed by atoms with Gasteiger partial charge >= 0.3 is 0 Å². The first-order valence-corrected chi connectivity index (χ1v) is 8.58. The molecule has 1 heteroatoms. The first kappa shape index (κ1) is 16.3. The number of rotatable bonds is 1. The summed E-state index contributed by atoms with van der Waals surface area (Å²) < 4.78 is 0. The molecule has 1 aliphatic rings. The van der Waals surface area contributed by atoms with Crippen molar-refractivity contribution in [1.29, 1.82) is 0 Å². The SMILES string of the molecule is CC(C)C1CCCCCCCCC(C)(Cl)CCC1. The Hall–Kier alpha value is 0.290. The monoisotopic (exact) mass is 272 g/mol. The van der Waals surface area contributed by atoms with E-state index < -0.39 is 0 Å². The van der Waals surface area contributed by atoms with Gasteiger partial charge in [0.1, 0.15) is 0 Å². The Morgan fingerprint density at radius 3 is 2.00 bits per heavy atom. The van der Waals surface area contributed by atoms with Crippen LogP contribution in [0.15, 0.2) is 0 Å². The summed E-state index contributed by atoms with van der Waals surface area (Å²) in [6, 6.07) is 0. The fourth-order valence-electron chi connectivity index (χ4n) is 3.28. The van der Waals surface area contributed by atoms with E-state index in [1.807, 2.05) is 0 Å². The molecule has 0 aromatic heterocycles. The molecule has 1 aliphatic carbocycles. The van der Waals surface area contributed by atoms with Crippen molar-refractivity contribution in [3.63, 3.8) is 0 Å². The van der Waals surface area contributed by atoms with Gasteiger partial charge in [0.25, 0.3) is 0 Å². The molecule has 2 atom stereocenters. The van der Waals surface area contributed by atoms with E-state index in [0.717, 1.165) is 11.8 Å². The molecule has 1 fully saturated rings. The predicted molar refractivity (Wildman–Crippen MR) is 83.4 cm³/mol. The Bertz CT molecular complexity index is 208. The zero-order chi connectivity index (χ0) is 13.4. The predicted octanol–water partition coefficient (Wildman–Crippen LogP) is 6.56. The fourth-order valence-corrected chi connectivity index (χ4v) is 3.54. The lowest BCUT2D eigenvalue weighted by Gasteiger charge is -2.25. The highest BCUT2D eigenvalue weighted by atomic mass is 35.5. The van der Waals surface area contributed by atoms with Gasteiger partial charge in [0.15, 0.2) is 0 Å². The summed E-state index contributed by atoms with van der Waals surface area (Å²) in [5, 5.41) is 0. The Morgan fingerprint density at radius 2 is 1.33 bits per heavy atom. The molecule has 0 aliphatic heterocycles. The summed E-state index contributed by atoms with van der Waals surface area (Å²) in [6.07, 6.45) is 15.0. The van der Waals surface area contributed by atoms with Crippen LogP contribution in [-0.4, -0.2) is 4.87 Å². The molecule has 0 aromatic rings. The summed E-state index contributed by atoms with van der Waals surface area (Å²) in [4.78, 5) is 0.0651. The molecule has 0 aromatic carbocycles. The molecule has 0 spiro atoms. The second-order valence-corrected chi connectivity index (χ2v) is 7.88. The van der Waals surface area contributed by atoms with E-state index in [1.54, 1.807) is 0 Å². The van der Waals surface area contributed by atoms with Crippen LogP contribution < -0.4 is 0 Å². The third kappa shape index (κ3) is 7.02. The van der Waals surface area contributed by atoms with Crippen molar-refractivity contribution >= 4 is 11.6 Å². The molecular formula is C17H33Cl. The van der Waals surface area contributed by atoms with E-state index in [-0.39, 0.29) is 4.87 Å². The number of alkyl halides is 1. The van der Waals surface area contributed by atoms with E-state index in [4.69, 9.17) is 11.6 Å². The van der Waals surface area contributed by atoms with E-state index in [1.165, 1.54) is 70.6 Å². The van der Waals surface area contributed by atoms with Crippen LogP contribution in [0.1, 0.15) is 91.4 Å². The quantitative estimate of drug-likeness (QED) is 0.474. The molecule has 18 heavy (non-hydrogen) atoms. The molecule has 0 saturated heterocycles. The van der Waals surface area contributed by atoms with Crippen LogP contribution in [0.4, 0.5) is 0 Å². The summed E-state index contributed by atoms with van der Waals surface area (Å²) >= 11 is 6.64. The van der Waals surface area contributed by atoms with Crippen LogP contribution in [0.2, 0.25) is 0 Å². The van der Waals surface area contributed by atoms with Crippen LogP contribution in [-0.2, 0) is 0 Å². The zero-order valence-electron chi connectivity index (χ0n) is 12.8. The molecule has 2 unspecified atom stereocenters. The van der Waals surface area contributed by atoms with E-state index >= 15 is 0 Å². The van der Waals surface area contributed by atoms with Crippen LogP contribution >= 0.6 is 11.6 Å². The van der Waals surface area contributed by atoms with Crippen molar-refractivity contribution < 1.29 is 0 Å². The number of hydrogen-bond acceptors (Lipinski definition) is 0. The van der Waals surface area contributed by atoms with E-state index in [0.29, 0.717) is 0 Å². The van der Waals surface area contributed by atoms with Gasteiger partial charge in [-0.15, -0.1) is 11.6 Å². The molecule has 0 nitrogen and oxygen atoms in total. The Labute approximate surface area is 120 Å². The first-order chi connectivity index (χ1) is 8.51. The molecule has 0 amide bonds. The number of hydrogen-bond donors (Lipinski definition) is 0. The third-order valence-electron chi connectivity index (χ3n) is 4.74. The lowest BCUT2D eigenvalue weighted by Crippen LogP contribution is -2.17. The Balaban J connectivity index is 2.45. The van der Waals surface area contributed by atoms with Gasteiger partial charge in [0, 0.05) is 4.87 Å². The molecule has 1 saturated carbocycles. The minimum absolute atomic E-state index is 0.0651. The maximum absolute atomic E-state index is 6.64. The third-order valence-corrected chi connectivity index (χ3v) is 5.12. The van der Waals surface area contributed by atoms with Gasteiger partial charge in [0.05, 0.1) is 0 Å². The van der Waals surface area contributed by atoms with Gasteiger partial charge in [-0.2, -0.15) is 0 Å². The van der Waals surface area contributed by atoms with Gasteiger partial charge in [-0.05, 0) is 31.6 Å². The zero-order valence-corrected chi connectivity index (χ0v) is 13.6. The molecule has 1 rings (SSSR count). The van der Waals surface area contributed by atoms with E-state index in [9.17, 15) is 0 Å². The standard InChI is InChI=1S/C17H33Cl/c1-15(2)16-11-8-6-4-5-7-9-13-17(3,18)14-10-12-16/h15-16H,4-14H2,1-3H3. The van der Waals surface area contributed by atoms with Crippen LogP contribution in [0.5, 0.6) is 0 Å². The van der Waals surface area contributed by atoms with Crippen molar-refractivity contribution in [2.24, 2.45) is 11.8 Å².